The standard InChI is InChI=1S/C19H20N2O5/c1-11-4-6-15(22)14(8-11)20-19(23)18-10-13(21-26-18)12-5-7-16(24-2)17(9-12)25-3/h4-9,18,22H,10H2,1-3H3,(H,20,23)/t18-/m0/s1. The summed E-state index contributed by atoms with van der Waals surface area (Å²) >= 11 is 0. The van der Waals surface area contributed by atoms with Crippen LogP contribution in [0.4, 0.5) is 5.69 Å². The molecule has 1 heterocycles. The Morgan fingerprint density at radius 3 is 2.69 bits per heavy atom. The first kappa shape index (κ1) is 17.6. The third-order valence-electron chi connectivity index (χ3n) is 4.09. The van der Waals surface area contributed by atoms with Gasteiger partial charge in [-0.15, -0.1) is 0 Å². The van der Waals surface area contributed by atoms with Crippen LogP contribution in [-0.4, -0.2) is 37.0 Å². The predicted molar refractivity (Wildman–Crippen MR) is 97.0 cm³/mol. The summed E-state index contributed by atoms with van der Waals surface area (Å²) in [5.74, 6) is 0.818. The minimum absolute atomic E-state index is 0.00276. The highest BCUT2D eigenvalue weighted by molar-refractivity contribution is 6.06. The summed E-state index contributed by atoms with van der Waals surface area (Å²) < 4.78 is 10.5. The Hall–Kier alpha value is -3.22. The minimum Gasteiger partial charge on any atom is -0.506 e. The number of aromatic hydroxyl groups is 1. The second-order valence-corrected chi connectivity index (χ2v) is 5.92. The molecule has 0 unspecified atom stereocenters. The van der Waals surface area contributed by atoms with Crippen molar-refractivity contribution >= 4 is 17.3 Å². The Morgan fingerprint density at radius 2 is 1.96 bits per heavy atom. The van der Waals surface area contributed by atoms with Gasteiger partial charge < -0.3 is 24.7 Å². The lowest BCUT2D eigenvalue weighted by Gasteiger charge is -2.11. The number of hydrogen-bond donors (Lipinski definition) is 2. The largest absolute Gasteiger partial charge is 0.506 e. The van der Waals surface area contributed by atoms with Gasteiger partial charge in [0.1, 0.15) is 5.75 Å². The van der Waals surface area contributed by atoms with Gasteiger partial charge in [0.25, 0.3) is 5.91 Å². The van der Waals surface area contributed by atoms with Gasteiger partial charge in [0, 0.05) is 12.0 Å². The Balaban J connectivity index is 1.69. The van der Waals surface area contributed by atoms with Crippen molar-refractivity contribution in [2.45, 2.75) is 19.4 Å². The Morgan fingerprint density at radius 1 is 1.19 bits per heavy atom. The van der Waals surface area contributed by atoms with Crippen LogP contribution in [0.25, 0.3) is 0 Å². The van der Waals surface area contributed by atoms with Gasteiger partial charge in [-0.05, 0) is 42.8 Å². The molecule has 0 saturated heterocycles. The van der Waals surface area contributed by atoms with Crippen LogP contribution in [-0.2, 0) is 9.63 Å². The molecule has 7 heteroatoms. The van der Waals surface area contributed by atoms with E-state index in [0.29, 0.717) is 29.3 Å². The number of oxime groups is 1. The van der Waals surface area contributed by atoms with Crippen LogP contribution in [0.15, 0.2) is 41.6 Å². The quantitative estimate of drug-likeness (QED) is 0.804. The summed E-state index contributed by atoms with van der Waals surface area (Å²) in [6.07, 6.45) is -0.452. The van der Waals surface area contributed by atoms with E-state index in [2.05, 4.69) is 10.5 Å². The highest BCUT2D eigenvalue weighted by atomic mass is 16.6. The van der Waals surface area contributed by atoms with Crippen molar-refractivity contribution in [2.75, 3.05) is 19.5 Å². The molecule has 0 aliphatic carbocycles. The van der Waals surface area contributed by atoms with E-state index < -0.39 is 6.10 Å². The zero-order chi connectivity index (χ0) is 18.7. The molecule has 1 atom stereocenters. The fourth-order valence-corrected chi connectivity index (χ4v) is 2.67. The maximum atomic E-state index is 12.4. The summed E-state index contributed by atoms with van der Waals surface area (Å²) in [5.41, 5.74) is 2.70. The lowest BCUT2D eigenvalue weighted by atomic mass is 10.0. The number of benzene rings is 2. The van der Waals surface area contributed by atoms with Gasteiger partial charge in [-0.3, -0.25) is 4.79 Å². The van der Waals surface area contributed by atoms with Crippen molar-refractivity contribution in [1.29, 1.82) is 0 Å². The molecule has 2 N–H and O–H groups in total. The molecule has 26 heavy (non-hydrogen) atoms. The average molecular weight is 356 g/mol. The van der Waals surface area contributed by atoms with Gasteiger partial charge in [-0.2, -0.15) is 0 Å². The molecule has 1 amide bonds. The molecule has 2 aromatic rings. The lowest BCUT2D eigenvalue weighted by Crippen LogP contribution is -2.28. The van der Waals surface area contributed by atoms with Crippen LogP contribution in [0.3, 0.4) is 0 Å². The van der Waals surface area contributed by atoms with Crippen LogP contribution in [0, 0.1) is 6.92 Å². The van der Waals surface area contributed by atoms with Crippen molar-refractivity contribution in [3.8, 4) is 17.2 Å². The summed E-state index contributed by atoms with van der Waals surface area (Å²) in [6.45, 7) is 1.87. The molecule has 7 nitrogen and oxygen atoms in total. The van der Waals surface area contributed by atoms with Gasteiger partial charge in [0.05, 0.1) is 25.6 Å². The van der Waals surface area contributed by atoms with Crippen LogP contribution in [0.5, 0.6) is 17.2 Å². The van der Waals surface area contributed by atoms with E-state index in [-0.39, 0.29) is 11.7 Å². The van der Waals surface area contributed by atoms with Crippen molar-refractivity contribution in [1.82, 2.24) is 0 Å². The van der Waals surface area contributed by atoms with Crippen molar-refractivity contribution in [2.24, 2.45) is 5.16 Å². The molecule has 0 fully saturated rings. The van der Waals surface area contributed by atoms with Crippen molar-refractivity contribution in [3.63, 3.8) is 0 Å². The Kier molecular flexibility index (Phi) is 4.97. The van der Waals surface area contributed by atoms with Crippen LogP contribution in [0.2, 0.25) is 0 Å². The van der Waals surface area contributed by atoms with E-state index in [4.69, 9.17) is 14.3 Å². The van der Waals surface area contributed by atoms with E-state index in [0.717, 1.165) is 11.1 Å². The van der Waals surface area contributed by atoms with E-state index in [1.54, 1.807) is 38.5 Å². The number of nitrogens with one attached hydrogen (secondary N) is 1. The number of aryl methyl sites for hydroxylation is 1. The van der Waals surface area contributed by atoms with E-state index >= 15 is 0 Å². The Bertz CT molecular complexity index is 863. The first-order chi connectivity index (χ1) is 12.5. The third kappa shape index (κ3) is 3.56. The first-order valence-electron chi connectivity index (χ1n) is 8.07. The average Bonchev–Trinajstić information content (AvgIpc) is 3.14. The predicted octanol–water partition coefficient (Wildman–Crippen LogP) is 2.85. The summed E-state index contributed by atoms with van der Waals surface area (Å²) in [4.78, 5) is 17.7. The molecule has 0 aromatic heterocycles. The number of hydrogen-bond acceptors (Lipinski definition) is 6. The highest BCUT2D eigenvalue weighted by Crippen LogP contribution is 2.30. The molecule has 1 aliphatic rings. The fraction of sp³-hybridized carbons (Fsp3) is 0.263. The maximum Gasteiger partial charge on any atom is 0.268 e. The normalized spacial score (nSPS) is 15.8. The number of methoxy groups -OCH3 is 2. The van der Waals surface area contributed by atoms with Crippen LogP contribution in [0.1, 0.15) is 17.5 Å². The number of phenolic OH excluding ortho intramolecular Hbond substituents is 1. The van der Waals surface area contributed by atoms with E-state index in [9.17, 15) is 9.90 Å². The second-order valence-electron chi connectivity index (χ2n) is 5.92. The highest BCUT2D eigenvalue weighted by Gasteiger charge is 2.29. The van der Waals surface area contributed by atoms with Gasteiger partial charge in [-0.1, -0.05) is 11.2 Å². The smallest absolute Gasteiger partial charge is 0.268 e. The SMILES string of the molecule is COc1ccc(C2=NO[C@H](C(=O)Nc3cc(C)ccc3O)C2)cc1OC. The molecule has 136 valence electrons. The van der Waals surface area contributed by atoms with Crippen LogP contribution < -0.4 is 14.8 Å². The zero-order valence-electron chi connectivity index (χ0n) is 14.8. The number of ether oxygens (including phenoxy) is 2. The van der Waals surface area contributed by atoms with Gasteiger partial charge in [0.15, 0.2) is 11.5 Å². The molecule has 0 spiro atoms. The van der Waals surface area contributed by atoms with Crippen molar-refractivity contribution in [3.05, 3.63) is 47.5 Å². The summed E-state index contributed by atoms with van der Waals surface area (Å²) in [6, 6.07) is 10.4. The molecule has 1 aliphatic heterocycles. The van der Waals surface area contributed by atoms with Crippen LogP contribution >= 0.6 is 0 Å². The van der Waals surface area contributed by atoms with E-state index in [1.165, 1.54) is 6.07 Å². The lowest BCUT2D eigenvalue weighted by molar-refractivity contribution is -0.125. The fourth-order valence-electron chi connectivity index (χ4n) is 2.67. The number of anilines is 1. The number of rotatable bonds is 5. The molecule has 0 bridgehead atoms. The number of phenols is 1. The number of nitrogens with zero attached hydrogens (tertiary/aromatic N) is 1. The topological polar surface area (TPSA) is 89.4 Å². The Labute approximate surface area is 151 Å². The van der Waals surface area contributed by atoms with Gasteiger partial charge in [0.2, 0.25) is 6.10 Å². The molecule has 0 radical (unpaired) electrons. The molecule has 0 saturated carbocycles. The first-order valence-corrected chi connectivity index (χ1v) is 8.07. The number of amides is 1. The molecular formula is C19H20N2O5. The molecule has 2 aromatic carbocycles. The zero-order valence-corrected chi connectivity index (χ0v) is 14.8. The monoisotopic (exact) mass is 356 g/mol. The molecule has 3 rings (SSSR count). The van der Waals surface area contributed by atoms with Gasteiger partial charge in [-0.25, -0.2) is 0 Å². The maximum absolute atomic E-state index is 12.4. The number of carbonyl (C=O) groups excluding carboxylic acids is 1. The van der Waals surface area contributed by atoms with Crippen molar-refractivity contribution < 1.29 is 24.2 Å². The summed E-state index contributed by atoms with van der Waals surface area (Å²) in [5, 5.41) is 16.5. The third-order valence-corrected chi connectivity index (χ3v) is 4.09. The second kappa shape index (κ2) is 7.35. The summed E-state index contributed by atoms with van der Waals surface area (Å²) in [7, 11) is 3.12. The van der Waals surface area contributed by atoms with E-state index in [1.807, 2.05) is 13.0 Å². The molecular weight excluding hydrogens is 336 g/mol. The minimum atomic E-state index is -0.766. The van der Waals surface area contributed by atoms with Gasteiger partial charge >= 0.3 is 0 Å². The number of carbonyl (C=O) groups is 1.